The molecule has 1 aliphatic rings. The van der Waals surface area contributed by atoms with Gasteiger partial charge in [-0.2, -0.15) is 5.26 Å². The van der Waals surface area contributed by atoms with Crippen LogP contribution in [0, 0.1) is 11.3 Å². The third-order valence-corrected chi connectivity index (χ3v) is 6.58. The van der Waals surface area contributed by atoms with Gasteiger partial charge in [-0.3, -0.25) is 19.3 Å². The van der Waals surface area contributed by atoms with Crippen molar-refractivity contribution >= 4 is 46.0 Å². The lowest BCUT2D eigenvalue weighted by atomic mass is 10.1. The van der Waals surface area contributed by atoms with Gasteiger partial charge in [-0.25, -0.2) is 0 Å². The van der Waals surface area contributed by atoms with Crippen LogP contribution in [0.2, 0.25) is 0 Å². The maximum Gasteiger partial charge on any atom is 0.261 e. The molecule has 0 atom stereocenters. The van der Waals surface area contributed by atoms with Crippen LogP contribution in [-0.2, 0) is 10.5 Å². The number of carbonyl (C=O) groups excluding carboxylic acids is 3. The normalized spacial score (nSPS) is 12.5. The summed E-state index contributed by atoms with van der Waals surface area (Å²) in [6.45, 7) is -0.00270. The van der Waals surface area contributed by atoms with Crippen LogP contribution in [0.25, 0.3) is 0 Å². The molecule has 0 aliphatic carbocycles. The Bertz CT molecular complexity index is 1170. The average Bonchev–Trinajstić information content (AvgIpc) is 3.34. The number of hydrogen-bond donors (Lipinski definition) is 1. The lowest BCUT2D eigenvalue weighted by Gasteiger charge is -2.12. The number of nitrogens with zero attached hydrogens (tertiary/aromatic N) is 4. The zero-order valence-electron chi connectivity index (χ0n) is 16.1. The van der Waals surface area contributed by atoms with Crippen molar-refractivity contribution in [2.45, 2.75) is 16.5 Å². The molecule has 3 aromatic rings. The first kappa shape index (κ1) is 20.7. The number of benzene rings is 2. The van der Waals surface area contributed by atoms with Gasteiger partial charge in [0.15, 0.2) is 4.34 Å². The van der Waals surface area contributed by atoms with E-state index in [9.17, 15) is 14.4 Å². The van der Waals surface area contributed by atoms with Crippen molar-refractivity contribution in [1.29, 1.82) is 5.26 Å². The number of aromatic nitrogens is 2. The van der Waals surface area contributed by atoms with E-state index in [0.717, 1.165) is 10.5 Å². The van der Waals surface area contributed by atoms with Gasteiger partial charge in [-0.1, -0.05) is 47.4 Å². The fraction of sp³-hybridized carbons (Fsp3) is 0.143. The minimum absolute atomic E-state index is 0.00270. The van der Waals surface area contributed by atoms with E-state index >= 15 is 0 Å². The summed E-state index contributed by atoms with van der Waals surface area (Å²) in [4.78, 5) is 38.0. The molecule has 1 N–H and O–H groups in total. The molecule has 0 spiro atoms. The Labute approximate surface area is 185 Å². The molecule has 4 rings (SSSR count). The molecular weight excluding hydrogens is 434 g/mol. The fourth-order valence-corrected chi connectivity index (χ4v) is 4.70. The molecule has 0 bridgehead atoms. The van der Waals surface area contributed by atoms with Gasteiger partial charge in [0.2, 0.25) is 11.0 Å². The molecule has 2 heterocycles. The summed E-state index contributed by atoms with van der Waals surface area (Å²) in [5.74, 6) is -0.457. The smallest absolute Gasteiger partial charge is 0.261 e. The van der Waals surface area contributed by atoms with E-state index in [-0.39, 0.29) is 30.7 Å². The van der Waals surface area contributed by atoms with Crippen molar-refractivity contribution in [1.82, 2.24) is 15.1 Å². The number of thioether (sulfide) groups is 1. The molecule has 3 amide bonds. The monoisotopic (exact) mass is 449 g/mol. The fourth-order valence-electron chi connectivity index (χ4n) is 2.98. The number of carbonyl (C=O) groups is 3. The number of imide groups is 1. The van der Waals surface area contributed by atoms with E-state index in [1.54, 1.807) is 36.4 Å². The second-order valence-corrected chi connectivity index (χ2v) is 8.78. The summed E-state index contributed by atoms with van der Waals surface area (Å²) < 4.78 is 0.694. The molecule has 1 aliphatic heterocycles. The van der Waals surface area contributed by atoms with E-state index in [4.69, 9.17) is 5.26 Å². The highest BCUT2D eigenvalue weighted by molar-refractivity contribution is 8.00. The van der Waals surface area contributed by atoms with Gasteiger partial charge >= 0.3 is 0 Å². The summed E-state index contributed by atoms with van der Waals surface area (Å²) >= 11 is 2.72. The first-order valence-corrected chi connectivity index (χ1v) is 11.1. The largest absolute Gasteiger partial charge is 0.300 e. The minimum Gasteiger partial charge on any atom is -0.300 e. The van der Waals surface area contributed by atoms with Gasteiger partial charge in [0.1, 0.15) is 0 Å². The van der Waals surface area contributed by atoms with Crippen LogP contribution in [0.5, 0.6) is 0 Å². The molecule has 0 fully saturated rings. The van der Waals surface area contributed by atoms with Crippen molar-refractivity contribution < 1.29 is 14.4 Å². The van der Waals surface area contributed by atoms with E-state index < -0.39 is 0 Å². The van der Waals surface area contributed by atoms with Crippen molar-refractivity contribution in [3.8, 4) is 6.07 Å². The highest BCUT2D eigenvalue weighted by Gasteiger charge is 2.34. The van der Waals surface area contributed by atoms with Gasteiger partial charge in [-0.05, 0) is 29.8 Å². The number of nitrogens with one attached hydrogen (secondary N) is 1. The summed E-state index contributed by atoms with van der Waals surface area (Å²) in [6.07, 6.45) is -0.0290. The van der Waals surface area contributed by atoms with Gasteiger partial charge in [0.05, 0.1) is 22.8 Å². The van der Waals surface area contributed by atoms with Crippen LogP contribution in [-0.4, -0.2) is 39.4 Å². The minimum atomic E-state index is -0.384. The zero-order chi connectivity index (χ0) is 21.8. The number of rotatable bonds is 7. The van der Waals surface area contributed by atoms with Crippen LogP contribution >= 0.6 is 23.1 Å². The first-order chi connectivity index (χ1) is 15.0. The Kier molecular flexibility index (Phi) is 6.06. The van der Waals surface area contributed by atoms with Gasteiger partial charge in [0.25, 0.3) is 11.8 Å². The summed E-state index contributed by atoms with van der Waals surface area (Å²) in [7, 11) is 0. The SMILES string of the molecule is N#Cc1ccc(CSc2nnc(NC(=O)CCN3C(=O)c4ccccc4C3=O)s2)cc1. The molecule has 8 nitrogen and oxygen atoms in total. The van der Waals surface area contributed by atoms with Gasteiger partial charge in [0, 0.05) is 18.7 Å². The Morgan fingerprint density at radius 1 is 1.06 bits per heavy atom. The molecular formula is C21H15N5O3S2. The molecule has 154 valence electrons. The predicted octanol–water partition coefficient (Wildman–Crippen LogP) is 3.33. The second-order valence-electron chi connectivity index (χ2n) is 6.58. The molecule has 0 radical (unpaired) electrons. The first-order valence-electron chi connectivity index (χ1n) is 9.25. The van der Waals surface area contributed by atoms with E-state index in [2.05, 4.69) is 21.6 Å². The lowest BCUT2D eigenvalue weighted by Crippen LogP contribution is -2.32. The molecule has 0 unspecified atom stereocenters. The zero-order valence-corrected chi connectivity index (χ0v) is 17.7. The summed E-state index contributed by atoms with van der Waals surface area (Å²) in [5, 5.41) is 19.9. The van der Waals surface area contributed by atoms with Crippen molar-refractivity contribution in [2.24, 2.45) is 0 Å². The number of fused-ring (bicyclic) bond motifs is 1. The lowest BCUT2D eigenvalue weighted by molar-refractivity contribution is -0.116. The third-order valence-electron chi connectivity index (χ3n) is 4.54. The van der Waals surface area contributed by atoms with Crippen molar-refractivity contribution in [3.63, 3.8) is 0 Å². The van der Waals surface area contributed by atoms with Gasteiger partial charge in [-0.15, -0.1) is 10.2 Å². The second kappa shape index (κ2) is 9.07. The maximum atomic E-state index is 12.3. The average molecular weight is 450 g/mol. The Morgan fingerprint density at radius 3 is 2.39 bits per heavy atom. The summed E-state index contributed by atoms with van der Waals surface area (Å²) in [6, 6.07) is 16.0. The van der Waals surface area contributed by atoms with Gasteiger partial charge < -0.3 is 5.32 Å². The predicted molar refractivity (Wildman–Crippen MR) is 116 cm³/mol. The van der Waals surface area contributed by atoms with E-state index in [0.29, 0.717) is 31.9 Å². The molecule has 0 saturated carbocycles. The molecule has 31 heavy (non-hydrogen) atoms. The maximum absolute atomic E-state index is 12.3. The quantitative estimate of drug-likeness (QED) is 0.334. The number of anilines is 1. The van der Waals surface area contributed by atoms with Crippen LogP contribution in [0.4, 0.5) is 5.13 Å². The Balaban J connectivity index is 1.27. The highest BCUT2D eigenvalue weighted by Crippen LogP contribution is 2.28. The van der Waals surface area contributed by atoms with Crippen LogP contribution in [0.15, 0.2) is 52.9 Å². The van der Waals surface area contributed by atoms with Crippen LogP contribution in [0.3, 0.4) is 0 Å². The molecule has 10 heteroatoms. The van der Waals surface area contributed by atoms with E-state index in [1.165, 1.54) is 23.1 Å². The standard InChI is InChI=1S/C21H15N5O3S2/c22-11-13-5-7-14(8-6-13)12-30-21-25-24-20(31-21)23-17(27)9-10-26-18(28)15-3-1-2-4-16(15)19(26)29/h1-8H,9-10,12H2,(H,23,24,27). The number of nitriles is 1. The summed E-state index contributed by atoms with van der Waals surface area (Å²) in [5.41, 5.74) is 2.38. The molecule has 1 aromatic heterocycles. The van der Waals surface area contributed by atoms with Crippen molar-refractivity contribution in [3.05, 3.63) is 70.8 Å². The van der Waals surface area contributed by atoms with E-state index in [1.807, 2.05) is 12.1 Å². The molecule has 0 saturated heterocycles. The topological polar surface area (TPSA) is 116 Å². The highest BCUT2D eigenvalue weighted by atomic mass is 32.2. The van der Waals surface area contributed by atoms with Crippen LogP contribution in [0.1, 0.15) is 38.3 Å². The van der Waals surface area contributed by atoms with Crippen LogP contribution < -0.4 is 5.32 Å². The molecule has 2 aromatic carbocycles. The third kappa shape index (κ3) is 4.63. The number of amides is 3. The Morgan fingerprint density at radius 2 is 1.74 bits per heavy atom. The number of hydrogen-bond acceptors (Lipinski definition) is 8. The Hall–Kier alpha value is -3.55. The van der Waals surface area contributed by atoms with Crippen molar-refractivity contribution in [2.75, 3.05) is 11.9 Å².